The SMILES string of the molecule is C=CC[C@@H](c1ccc(Cl)c([N+](=O)[O-])c1)N1CCNCC1.Cl.Cl. The third-order valence-corrected chi connectivity index (χ3v) is 3.85. The lowest BCUT2D eigenvalue weighted by atomic mass is 10.0. The number of hydrogen-bond acceptors (Lipinski definition) is 4. The maximum Gasteiger partial charge on any atom is 0.288 e. The highest BCUT2D eigenvalue weighted by atomic mass is 35.5. The maximum absolute atomic E-state index is 11.0. The molecule has 8 heteroatoms. The van der Waals surface area contributed by atoms with Crippen molar-refractivity contribution in [1.82, 2.24) is 10.2 Å². The number of rotatable bonds is 5. The molecular formula is C14H20Cl3N3O2. The van der Waals surface area contributed by atoms with Gasteiger partial charge in [0.05, 0.1) is 4.92 Å². The van der Waals surface area contributed by atoms with E-state index >= 15 is 0 Å². The zero-order valence-electron chi connectivity index (χ0n) is 12.0. The molecule has 1 aromatic rings. The summed E-state index contributed by atoms with van der Waals surface area (Å²) in [5.41, 5.74) is 0.885. The van der Waals surface area contributed by atoms with E-state index in [0.717, 1.165) is 38.2 Å². The smallest absolute Gasteiger partial charge is 0.288 e. The first kappa shape index (κ1) is 21.1. The molecule has 0 aromatic heterocycles. The molecule has 1 aromatic carbocycles. The fraction of sp³-hybridized carbons (Fsp3) is 0.429. The molecule has 0 unspecified atom stereocenters. The predicted molar refractivity (Wildman–Crippen MR) is 94.6 cm³/mol. The van der Waals surface area contributed by atoms with Crippen LogP contribution in [0.1, 0.15) is 18.0 Å². The van der Waals surface area contributed by atoms with Gasteiger partial charge in [-0.15, -0.1) is 31.4 Å². The Labute approximate surface area is 147 Å². The van der Waals surface area contributed by atoms with E-state index in [0.29, 0.717) is 0 Å². The fourth-order valence-corrected chi connectivity index (χ4v) is 2.71. The largest absolute Gasteiger partial charge is 0.314 e. The highest BCUT2D eigenvalue weighted by Crippen LogP contribution is 2.32. The van der Waals surface area contributed by atoms with Gasteiger partial charge in [0.2, 0.25) is 0 Å². The Hall–Kier alpha value is -0.850. The van der Waals surface area contributed by atoms with Crippen molar-refractivity contribution in [2.75, 3.05) is 26.2 Å². The topological polar surface area (TPSA) is 58.4 Å². The first-order valence-corrected chi connectivity index (χ1v) is 7.00. The molecule has 124 valence electrons. The summed E-state index contributed by atoms with van der Waals surface area (Å²) < 4.78 is 0. The van der Waals surface area contributed by atoms with Gasteiger partial charge in [-0.05, 0) is 18.1 Å². The van der Waals surface area contributed by atoms with E-state index in [4.69, 9.17) is 11.6 Å². The van der Waals surface area contributed by atoms with E-state index in [-0.39, 0.29) is 41.6 Å². The molecule has 1 atom stereocenters. The van der Waals surface area contributed by atoms with Crippen molar-refractivity contribution in [3.8, 4) is 0 Å². The van der Waals surface area contributed by atoms with Crippen molar-refractivity contribution in [3.63, 3.8) is 0 Å². The van der Waals surface area contributed by atoms with Crippen LogP contribution in [0.4, 0.5) is 5.69 Å². The normalized spacial score (nSPS) is 16.0. The fourth-order valence-electron chi connectivity index (χ4n) is 2.52. The molecular weight excluding hydrogens is 349 g/mol. The monoisotopic (exact) mass is 367 g/mol. The molecule has 0 spiro atoms. The van der Waals surface area contributed by atoms with Gasteiger partial charge in [0.25, 0.3) is 5.69 Å². The van der Waals surface area contributed by atoms with Crippen LogP contribution in [0.2, 0.25) is 5.02 Å². The second-order valence-corrected chi connectivity index (χ2v) is 5.20. The van der Waals surface area contributed by atoms with Crippen LogP contribution >= 0.6 is 36.4 Å². The van der Waals surface area contributed by atoms with Crippen LogP contribution in [-0.2, 0) is 0 Å². The van der Waals surface area contributed by atoms with Gasteiger partial charge in [0.15, 0.2) is 0 Å². The molecule has 1 fully saturated rings. The van der Waals surface area contributed by atoms with Gasteiger partial charge in [-0.25, -0.2) is 0 Å². The number of nitro benzene ring substituents is 1. The average Bonchev–Trinajstić information content (AvgIpc) is 2.46. The Morgan fingerprint density at radius 3 is 2.59 bits per heavy atom. The summed E-state index contributed by atoms with van der Waals surface area (Å²) in [6.45, 7) is 7.51. The van der Waals surface area contributed by atoms with Crippen LogP contribution in [0, 0.1) is 10.1 Å². The van der Waals surface area contributed by atoms with Crippen LogP contribution in [0.15, 0.2) is 30.9 Å². The van der Waals surface area contributed by atoms with Gasteiger partial charge in [0.1, 0.15) is 5.02 Å². The van der Waals surface area contributed by atoms with Crippen molar-refractivity contribution in [2.45, 2.75) is 12.5 Å². The van der Waals surface area contributed by atoms with E-state index in [1.54, 1.807) is 12.1 Å². The first-order chi connectivity index (χ1) is 9.63. The molecule has 2 rings (SSSR count). The van der Waals surface area contributed by atoms with Crippen molar-refractivity contribution in [2.24, 2.45) is 0 Å². The molecule has 5 nitrogen and oxygen atoms in total. The minimum atomic E-state index is -0.436. The molecule has 0 bridgehead atoms. The molecule has 1 saturated heterocycles. The third kappa shape index (κ3) is 5.11. The lowest BCUT2D eigenvalue weighted by molar-refractivity contribution is -0.384. The number of nitrogens with one attached hydrogen (secondary N) is 1. The summed E-state index contributed by atoms with van der Waals surface area (Å²) in [7, 11) is 0. The zero-order valence-corrected chi connectivity index (χ0v) is 14.4. The summed E-state index contributed by atoms with van der Waals surface area (Å²) in [5.74, 6) is 0. The van der Waals surface area contributed by atoms with Gasteiger partial charge in [-0.1, -0.05) is 23.7 Å². The van der Waals surface area contributed by atoms with Gasteiger partial charge < -0.3 is 5.32 Å². The van der Waals surface area contributed by atoms with E-state index in [9.17, 15) is 10.1 Å². The van der Waals surface area contributed by atoms with Crippen LogP contribution in [0.5, 0.6) is 0 Å². The second-order valence-electron chi connectivity index (χ2n) is 4.79. The molecule has 0 amide bonds. The van der Waals surface area contributed by atoms with Crippen molar-refractivity contribution < 1.29 is 4.92 Å². The third-order valence-electron chi connectivity index (χ3n) is 3.53. The van der Waals surface area contributed by atoms with Crippen LogP contribution in [-0.4, -0.2) is 36.0 Å². The summed E-state index contributed by atoms with van der Waals surface area (Å²) in [5, 5.41) is 14.5. The lowest BCUT2D eigenvalue weighted by Crippen LogP contribution is -2.45. The van der Waals surface area contributed by atoms with E-state index in [1.165, 1.54) is 0 Å². The summed E-state index contributed by atoms with van der Waals surface area (Å²) in [6, 6.07) is 5.17. The summed E-state index contributed by atoms with van der Waals surface area (Å²) >= 11 is 5.87. The number of hydrogen-bond donors (Lipinski definition) is 1. The number of piperazine rings is 1. The molecule has 1 aliphatic heterocycles. The highest BCUT2D eigenvalue weighted by Gasteiger charge is 2.23. The van der Waals surface area contributed by atoms with Gasteiger partial charge >= 0.3 is 0 Å². The molecule has 0 aliphatic carbocycles. The van der Waals surface area contributed by atoms with Crippen molar-refractivity contribution in [3.05, 3.63) is 51.6 Å². The predicted octanol–water partition coefficient (Wildman–Crippen LogP) is 3.61. The number of nitro groups is 1. The summed E-state index contributed by atoms with van der Waals surface area (Å²) in [6.07, 6.45) is 2.62. The van der Waals surface area contributed by atoms with Crippen LogP contribution < -0.4 is 5.32 Å². The number of nitrogens with zero attached hydrogens (tertiary/aromatic N) is 2. The van der Waals surface area contributed by atoms with E-state index < -0.39 is 4.92 Å². The molecule has 1 aliphatic rings. The minimum Gasteiger partial charge on any atom is -0.314 e. The quantitative estimate of drug-likeness (QED) is 0.490. The second kappa shape index (κ2) is 10.0. The molecule has 0 radical (unpaired) electrons. The highest BCUT2D eigenvalue weighted by molar-refractivity contribution is 6.32. The average molecular weight is 369 g/mol. The minimum absolute atomic E-state index is 0. The molecule has 1 N–H and O–H groups in total. The molecule has 22 heavy (non-hydrogen) atoms. The standard InChI is InChI=1S/C14H18ClN3O2.2ClH/c1-2-3-13(17-8-6-16-7-9-17)11-4-5-12(15)14(10-11)18(19)20;;/h2,4-5,10,13,16H,1,3,6-9H2;2*1H/t13-;;/m0../s1. The van der Waals surface area contributed by atoms with Crippen molar-refractivity contribution in [1.29, 1.82) is 0 Å². The number of benzene rings is 1. The van der Waals surface area contributed by atoms with Crippen molar-refractivity contribution >= 4 is 42.1 Å². The molecule has 0 saturated carbocycles. The number of halogens is 3. The Morgan fingerprint density at radius 2 is 2.05 bits per heavy atom. The Bertz CT molecular complexity index is 508. The first-order valence-electron chi connectivity index (χ1n) is 6.63. The van der Waals surface area contributed by atoms with Gasteiger partial charge in [-0.3, -0.25) is 15.0 Å². The zero-order chi connectivity index (χ0) is 14.5. The Kier molecular flexibility index (Phi) is 9.64. The Morgan fingerprint density at radius 1 is 1.41 bits per heavy atom. The summed E-state index contributed by atoms with van der Waals surface area (Å²) in [4.78, 5) is 12.9. The lowest BCUT2D eigenvalue weighted by Gasteiger charge is -2.34. The Balaban J connectivity index is 0.00000220. The van der Waals surface area contributed by atoms with E-state index in [1.807, 2.05) is 12.1 Å². The molecule has 1 heterocycles. The maximum atomic E-state index is 11.0. The van der Waals surface area contributed by atoms with E-state index in [2.05, 4.69) is 16.8 Å². The van der Waals surface area contributed by atoms with Crippen LogP contribution in [0.3, 0.4) is 0 Å². The van der Waals surface area contributed by atoms with Gasteiger partial charge in [0, 0.05) is 38.3 Å². The van der Waals surface area contributed by atoms with Gasteiger partial charge in [-0.2, -0.15) is 0 Å². The van der Waals surface area contributed by atoms with Crippen LogP contribution in [0.25, 0.3) is 0 Å².